The molecule has 2 amide bonds. The molecule has 0 radical (unpaired) electrons. The number of rotatable bonds is 12. The lowest BCUT2D eigenvalue weighted by Crippen LogP contribution is -2.28. The summed E-state index contributed by atoms with van der Waals surface area (Å²) in [6, 6.07) is 13.3. The van der Waals surface area contributed by atoms with Gasteiger partial charge >= 0.3 is 0 Å². The summed E-state index contributed by atoms with van der Waals surface area (Å²) in [5.74, 6) is 2.21. The minimum Gasteiger partial charge on any atom is -0.492 e. The molecule has 174 valence electrons. The van der Waals surface area contributed by atoms with E-state index in [0.717, 1.165) is 5.56 Å². The monoisotopic (exact) mass is 468 g/mol. The first-order chi connectivity index (χ1) is 16.1. The van der Waals surface area contributed by atoms with Crippen molar-refractivity contribution >= 4 is 34.8 Å². The summed E-state index contributed by atoms with van der Waals surface area (Å²) in [6.45, 7) is 5.80. The van der Waals surface area contributed by atoms with E-state index in [4.69, 9.17) is 4.74 Å². The van der Waals surface area contributed by atoms with Gasteiger partial charge in [0.2, 0.25) is 5.91 Å². The second-order valence-electron chi connectivity index (χ2n) is 6.97. The molecule has 0 saturated carbocycles. The van der Waals surface area contributed by atoms with Crippen molar-refractivity contribution in [3.05, 3.63) is 52.7 Å². The van der Waals surface area contributed by atoms with Crippen molar-refractivity contribution in [3.63, 3.8) is 0 Å². The lowest BCUT2D eigenvalue weighted by Gasteiger charge is -2.12. The Balaban J connectivity index is 1.60. The molecule has 0 fully saturated rings. The normalized spacial score (nSPS) is 10.4. The van der Waals surface area contributed by atoms with Crippen LogP contribution in [0, 0.1) is 0 Å². The zero-order valence-corrected chi connectivity index (χ0v) is 19.5. The summed E-state index contributed by atoms with van der Waals surface area (Å²) in [5, 5.41) is 13.9. The summed E-state index contributed by atoms with van der Waals surface area (Å²) >= 11 is 1.35. The van der Waals surface area contributed by atoms with Gasteiger partial charge in [0, 0.05) is 44.7 Å². The van der Waals surface area contributed by atoms with Gasteiger partial charge in [-0.3, -0.25) is 9.59 Å². The smallest absolute Gasteiger partial charge is 0.265 e. The van der Waals surface area contributed by atoms with E-state index < -0.39 is 0 Å². The van der Waals surface area contributed by atoms with E-state index in [2.05, 4.69) is 31.2 Å². The first-order valence-electron chi connectivity index (χ1n) is 10.7. The number of carbonyl (C=O) groups is 2. The van der Waals surface area contributed by atoms with E-state index in [9.17, 15) is 9.59 Å². The van der Waals surface area contributed by atoms with E-state index >= 15 is 0 Å². The summed E-state index contributed by atoms with van der Waals surface area (Å²) in [7, 11) is 0. The third kappa shape index (κ3) is 7.46. The number of amides is 2. The van der Waals surface area contributed by atoms with Crippen LogP contribution in [0.25, 0.3) is 11.4 Å². The van der Waals surface area contributed by atoms with Gasteiger partial charge in [0.1, 0.15) is 22.3 Å². The predicted octanol–water partition coefficient (Wildman–Crippen LogP) is 2.99. The number of nitrogens with one attached hydrogen (secondary N) is 4. The molecule has 4 N–H and O–H groups in total. The molecule has 0 atom stereocenters. The van der Waals surface area contributed by atoms with Crippen LogP contribution in [0.5, 0.6) is 5.75 Å². The van der Waals surface area contributed by atoms with E-state index in [1.807, 2.05) is 42.6 Å². The van der Waals surface area contributed by atoms with Gasteiger partial charge in [0.25, 0.3) is 5.91 Å². The van der Waals surface area contributed by atoms with E-state index in [-0.39, 0.29) is 11.8 Å². The molecule has 0 saturated heterocycles. The van der Waals surface area contributed by atoms with Crippen molar-refractivity contribution in [2.45, 2.75) is 13.8 Å². The predicted molar refractivity (Wildman–Crippen MR) is 131 cm³/mol. The van der Waals surface area contributed by atoms with Gasteiger partial charge in [-0.15, -0.1) is 11.3 Å². The minimum absolute atomic E-state index is 0.0789. The zero-order chi connectivity index (χ0) is 23.5. The van der Waals surface area contributed by atoms with Crippen molar-refractivity contribution in [1.29, 1.82) is 0 Å². The SMILES string of the molecule is CCOc1ccsc1C(=O)NCCNc1cc(NCCNC(C)=O)nc(-c2ccccc2)n1. The number of thiophene rings is 1. The van der Waals surface area contributed by atoms with Gasteiger partial charge in [0.15, 0.2) is 5.82 Å². The highest BCUT2D eigenvalue weighted by Gasteiger charge is 2.13. The second kappa shape index (κ2) is 12.4. The van der Waals surface area contributed by atoms with Crippen LogP contribution in [-0.2, 0) is 4.79 Å². The highest BCUT2D eigenvalue weighted by Crippen LogP contribution is 2.24. The Hall–Kier alpha value is -3.66. The van der Waals surface area contributed by atoms with Crippen molar-refractivity contribution < 1.29 is 14.3 Å². The summed E-state index contributed by atoms with van der Waals surface area (Å²) in [5.41, 5.74) is 0.889. The van der Waals surface area contributed by atoms with Gasteiger partial charge in [-0.2, -0.15) is 0 Å². The third-order valence-electron chi connectivity index (χ3n) is 4.42. The molecule has 1 aromatic carbocycles. The number of aromatic nitrogens is 2. The molecule has 0 aliphatic heterocycles. The van der Waals surface area contributed by atoms with Crippen LogP contribution in [0.15, 0.2) is 47.8 Å². The average Bonchev–Trinajstić information content (AvgIpc) is 3.28. The van der Waals surface area contributed by atoms with Gasteiger partial charge < -0.3 is 26.0 Å². The Morgan fingerprint density at radius 2 is 1.61 bits per heavy atom. The minimum atomic E-state index is -0.164. The van der Waals surface area contributed by atoms with Crippen molar-refractivity contribution in [2.24, 2.45) is 0 Å². The van der Waals surface area contributed by atoms with Crippen LogP contribution in [0.2, 0.25) is 0 Å². The maximum Gasteiger partial charge on any atom is 0.265 e. The highest BCUT2D eigenvalue weighted by atomic mass is 32.1. The van der Waals surface area contributed by atoms with Crippen LogP contribution < -0.4 is 26.0 Å². The summed E-state index contributed by atoms with van der Waals surface area (Å²) < 4.78 is 5.48. The third-order valence-corrected chi connectivity index (χ3v) is 5.31. The lowest BCUT2D eigenvalue weighted by molar-refractivity contribution is -0.118. The molecule has 10 heteroatoms. The zero-order valence-electron chi connectivity index (χ0n) is 18.7. The van der Waals surface area contributed by atoms with E-state index in [1.54, 1.807) is 12.1 Å². The number of hydrogen-bond donors (Lipinski definition) is 4. The fraction of sp³-hybridized carbons (Fsp3) is 0.304. The second-order valence-corrected chi connectivity index (χ2v) is 7.88. The fourth-order valence-corrected chi connectivity index (χ4v) is 3.70. The Labute approximate surface area is 197 Å². The molecular weight excluding hydrogens is 440 g/mol. The van der Waals surface area contributed by atoms with Gasteiger partial charge in [-0.05, 0) is 18.4 Å². The number of anilines is 2. The molecule has 2 aromatic heterocycles. The standard InChI is InChI=1S/C23H28N6O3S/c1-3-32-18-9-14-33-21(18)23(31)27-13-12-26-20-15-19(25-11-10-24-16(2)30)28-22(29-20)17-7-5-4-6-8-17/h4-9,14-15H,3,10-13H2,1-2H3,(H,24,30)(H,27,31)(H2,25,26,28,29). The Bertz CT molecular complexity index is 1060. The lowest BCUT2D eigenvalue weighted by atomic mass is 10.2. The van der Waals surface area contributed by atoms with Crippen molar-refractivity contribution in [1.82, 2.24) is 20.6 Å². The first kappa shape index (κ1) is 24.0. The largest absolute Gasteiger partial charge is 0.492 e. The Morgan fingerprint density at radius 3 is 2.24 bits per heavy atom. The van der Waals surface area contributed by atoms with Crippen LogP contribution >= 0.6 is 11.3 Å². The molecule has 0 aliphatic rings. The van der Waals surface area contributed by atoms with Gasteiger partial charge in [-0.25, -0.2) is 9.97 Å². The Morgan fingerprint density at radius 1 is 0.939 bits per heavy atom. The van der Waals surface area contributed by atoms with Crippen LogP contribution in [-0.4, -0.2) is 54.6 Å². The summed E-state index contributed by atoms with van der Waals surface area (Å²) in [6.07, 6.45) is 0. The fourth-order valence-electron chi connectivity index (χ4n) is 2.95. The number of nitrogens with zero attached hydrogens (tertiary/aromatic N) is 2. The molecular formula is C23H28N6O3S. The van der Waals surface area contributed by atoms with E-state index in [0.29, 0.717) is 60.9 Å². The van der Waals surface area contributed by atoms with Crippen LogP contribution in [0.3, 0.4) is 0 Å². The van der Waals surface area contributed by atoms with Crippen molar-refractivity contribution in [3.8, 4) is 17.1 Å². The number of carbonyl (C=O) groups excluding carboxylic acids is 2. The highest BCUT2D eigenvalue weighted by molar-refractivity contribution is 7.12. The molecule has 2 heterocycles. The molecule has 3 rings (SSSR count). The molecule has 0 unspecified atom stereocenters. The molecule has 9 nitrogen and oxygen atoms in total. The topological polar surface area (TPSA) is 117 Å². The number of benzene rings is 1. The van der Waals surface area contributed by atoms with Crippen LogP contribution in [0.4, 0.5) is 11.6 Å². The van der Waals surface area contributed by atoms with Crippen LogP contribution in [0.1, 0.15) is 23.5 Å². The average molecular weight is 469 g/mol. The number of ether oxygens (including phenoxy) is 1. The maximum absolute atomic E-state index is 12.4. The van der Waals surface area contributed by atoms with Gasteiger partial charge in [-0.1, -0.05) is 30.3 Å². The quantitative estimate of drug-likeness (QED) is 0.302. The molecule has 0 aliphatic carbocycles. The molecule has 0 bridgehead atoms. The molecule has 3 aromatic rings. The summed E-state index contributed by atoms with van der Waals surface area (Å²) in [4.78, 5) is 33.2. The van der Waals surface area contributed by atoms with Crippen molar-refractivity contribution in [2.75, 3.05) is 43.4 Å². The maximum atomic E-state index is 12.4. The number of hydrogen-bond acceptors (Lipinski definition) is 8. The Kier molecular flexibility index (Phi) is 9.01. The van der Waals surface area contributed by atoms with E-state index in [1.165, 1.54) is 18.3 Å². The van der Waals surface area contributed by atoms with Gasteiger partial charge in [0.05, 0.1) is 6.61 Å². The molecule has 33 heavy (non-hydrogen) atoms. The first-order valence-corrected chi connectivity index (χ1v) is 11.6. The molecule has 0 spiro atoms.